The number of benzene rings is 1. The van der Waals surface area contributed by atoms with Gasteiger partial charge in [0.1, 0.15) is 10.5 Å². The average molecular weight is 538 g/mol. The van der Waals surface area contributed by atoms with Crippen molar-refractivity contribution >= 4 is 51.4 Å². The third-order valence-corrected chi connectivity index (χ3v) is 7.81. The Morgan fingerprint density at radius 3 is 2.56 bits per heavy atom. The number of nitrogens with zero attached hydrogens (tertiary/aromatic N) is 1. The maximum absolute atomic E-state index is 13.2. The van der Waals surface area contributed by atoms with E-state index in [9.17, 15) is 9.59 Å². The van der Waals surface area contributed by atoms with Crippen molar-refractivity contribution in [2.45, 2.75) is 18.9 Å². The zero-order valence-electron chi connectivity index (χ0n) is 17.5. The third-order valence-electron chi connectivity index (χ3n) is 4.98. The van der Waals surface area contributed by atoms with Gasteiger partial charge in [0.15, 0.2) is 5.60 Å². The maximum Gasteiger partial charge on any atom is 0.345 e. The second-order valence-corrected chi connectivity index (χ2v) is 10.2. The molecule has 3 aliphatic heterocycles. The van der Waals surface area contributed by atoms with E-state index in [1.54, 1.807) is 17.8 Å². The zero-order chi connectivity index (χ0) is 22.9. The van der Waals surface area contributed by atoms with Gasteiger partial charge >= 0.3 is 11.9 Å². The van der Waals surface area contributed by atoms with Gasteiger partial charge in [0.2, 0.25) is 0 Å². The SMILES string of the molecule is CCSC1=C2N3C=CC=CO[C@@H]3O[C@@]2(c2ccc(Br)cc2)C(C(=O)OC)=C(C(=O)OC)S1. The topological polar surface area (TPSA) is 74.3 Å². The van der Waals surface area contributed by atoms with E-state index in [1.807, 2.05) is 48.4 Å². The van der Waals surface area contributed by atoms with Crippen LogP contribution < -0.4 is 0 Å². The second kappa shape index (κ2) is 9.38. The van der Waals surface area contributed by atoms with Gasteiger partial charge in [0.05, 0.1) is 30.4 Å². The maximum atomic E-state index is 13.2. The van der Waals surface area contributed by atoms with Crippen molar-refractivity contribution in [3.63, 3.8) is 0 Å². The summed E-state index contributed by atoms with van der Waals surface area (Å²) in [7, 11) is 2.55. The van der Waals surface area contributed by atoms with Crippen LogP contribution in [0, 0.1) is 0 Å². The van der Waals surface area contributed by atoms with Gasteiger partial charge in [-0.1, -0.05) is 46.7 Å². The van der Waals surface area contributed by atoms with E-state index >= 15 is 0 Å². The molecule has 10 heteroatoms. The lowest BCUT2D eigenvalue weighted by atomic mass is 9.82. The Bertz CT molecular complexity index is 1060. The summed E-state index contributed by atoms with van der Waals surface area (Å²) in [6.07, 6.45) is 6.08. The summed E-state index contributed by atoms with van der Waals surface area (Å²) in [6.45, 7) is 2.01. The van der Waals surface area contributed by atoms with E-state index in [-0.39, 0.29) is 10.5 Å². The second-order valence-electron chi connectivity index (χ2n) is 6.68. The minimum atomic E-state index is -1.44. The number of thioether (sulfide) groups is 2. The molecule has 4 rings (SSSR count). The summed E-state index contributed by atoms with van der Waals surface area (Å²) in [4.78, 5) is 28.0. The summed E-state index contributed by atoms with van der Waals surface area (Å²) < 4.78 is 24.2. The Balaban J connectivity index is 2.08. The van der Waals surface area contributed by atoms with E-state index in [4.69, 9.17) is 18.9 Å². The molecule has 0 N–H and O–H groups in total. The summed E-state index contributed by atoms with van der Waals surface area (Å²) in [6, 6.07) is 7.40. The van der Waals surface area contributed by atoms with Crippen LogP contribution in [0.3, 0.4) is 0 Å². The minimum Gasteiger partial charge on any atom is -0.466 e. The van der Waals surface area contributed by atoms with E-state index in [1.165, 1.54) is 32.2 Å². The number of hydrogen-bond donors (Lipinski definition) is 0. The predicted octanol–water partition coefficient (Wildman–Crippen LogP) is 4.59. The van der Waals surface area contributed by atoms with Crippen molar-refractivity contribution in [3.05, 3.63) is 79.3 Å². The van der Waals surface area contributed by atoms with Crippen molar-refractivity contribution in [1.82, 2.24) is 4.90 Å². The molecule has 0 radical (unpaired) electrons. The summed E-state index contributed by atoms with van der Waals surface area (Å²) >= 11 is 6.19. The quantitative estimate of drug-likeness (QED) is 0.501. The van der Waals surface area contributed by atoms with Gasteiger partial charge in [-0.05, 0) is 35.6 Å². The molecule has 0 bridgehead atoms. The first-order valence-electron chi connectivity index (χ1n) is 9.65. The van der Waals surface area contributed by atoms with Crippen LogP contribution in [0.5, 0.6) is 0 Å². The molecule has 0 aliphatic carbocycles. The Morgan fingerprint density at radius 1 is 1.19 bits per heavy atom. The highest BCUT2D eigenvalue weighted by atomic mass is 79.9. The Hall–Kier alpha value is -2.14. The number of halogens is 1. The number of ether oxygens (including phenoxy) is 4. The highest BCUT2D eigenvalue weighted by molar-refractivity contribution is 9.10. The van der Waals surface area contributed by atoms with Crippen LogP contribution in [0.4, 0.5) is 0 Å². The van der Waals surface area contributed by atoms with Crippen LogP contribution in [0.1, 0.15) is 12.5 Å². The highest BCUT2D eigenvalue weighted by Gasteiger charge is 2.61. The first kappa shape index (κ1) is 23.0. The Labute approximate surface area is 202 Å². The largest absolute Gasteiger partial charge is 0.466 e. The molecular formula is C22H20BrNO6S2. The fraction of sp³-hybridized carbons (Fsp3) is 0.273. The van der Waals surface area contributed by atoms with Gasteiger partial charge in [0.25, 0.3) is 6.41 Å². The molecule has 0 saturated carbocycles. The molecule has 3 aliphatic rings. The predicted molar refractivity (Wildman–Crippen MR) is 126 cm³/mol. The summed E-state index contributed by atoms with van der Waals surface area (Å²) in [5.74, 6) is -0.579. The molecular weight excluding hydrogens is 518 g/mol. The van der Waals surface area contributed by atoms with Gasteiger partial charge in [0, 0.05) is 10.7 Å². The number of carbonyl (C=O) groups is 2. The van der Waals surface area contributed by atoms with E-state index in [0.29, 0.717) is 11.3 Å². The van der Waals surface area contributed by atoms with Crippen LogP contribution in [-0.2, 0) is 34.1 Å². The number of carbonyl (C=O) groups excluding carboxylic acids is 2. The minimum absolute atomic E-state index is 0.0590. The smallest absolute Gasteiger partial charge is 0.345 e. The molecule has 0 unspecified atom stereocenters. The molecule has 32 heavy (non-hydrogen) atoms. The van der Waals surface area contributed by atoms with Crippen molar-refractivity contribution < 1.29 is 28.5 Å². The van der Waals surface area contributed by atoms with Gasteiger partial charge in [-0.2, -0.15) is 0 Å². The lowest BCUT2D eigenvalue weighted by Gasteiger charge is -2.36. The molecule has 0 amide bonds. The fourth-order valence-electron chi connectivity index (χ4n) is 3.71. The van der Waals surface area contributed by atoms with Crippen LogP contribution in [0.25, 0.3) is 0 Å². The lowest BCUT2D eigenvalue weighted by Crippen LogP contribution is -2.39. The van der Waals surface area contributed by atoms with Gasteiger partial charge < -0.3 is 18.9 Å². The molecule has 7 nitrogen and oxygen atoms in total. The first-order chi connectivity index (χ1) is 15.5. The number of fused-ring (bicyclic) bond motifs is 3. The molecule has 1 saturated heterocycles. The number of esters is 2. The van der Waals surface area contributed by atoms with Crippen LogP contribution in [0.2, 0.25) is 0 Å². The van der Waals surface area contributed by atoms with Crippen molar-refractivity contribution in [3.8, 4) is 0 Å². The number of methoxy groups -OCH3 is 2. The van der Waals surface area contributed by atoms with Crippen LogP contribution in [-0.4, -0.2) is 43.2 Å². The molecule has 2 atom stereocenters. The monoisotopic (exact) mass is 537 g/mol. The lowest BCUT2D eigenvalue weighted by molar-refractivity contribution is -0.170. The van der Waals surface area contributed by atoms with Crippen LogP contribution in [0.15, 0.2) is 73.8 Å². The van der Waals surface area contributed by atoms with E-state index in [0.717, 1.165) is 14.5 Å². The summed E-state index contributed by atoms with van der Waals surface area (Å²) in [5.41, 5.74) is -0.0420. The first-order valence-corrected chi connectivity index (χ1v) is 12.2. The van der Waals surface area contributed by atoms with Gasteiger partial charge in [-0.3, -0.25) is 4.90 Å². The zero-order valence-corrected chi connectivity index (χ0v) is 20.7. The number of allylic oxidation sites excluding steroid dienone is 2. The Kier molecular flexibility index (Phi) is 6.75. The third kappa shape index (κ3) is 3.68. The molecule has 0 aromatic heterocycles. The summed E-state index contributed by atoms with van der Waals surface area (Å²) in [5, 5.41) is 0. The molecule has 1 aromatic carbocycles. The van der Waals surface area contributed by atoms with Gasteiger partial charge in [-0.15, -0.1) is 11.8 Å². The number of hydrogen-bond acceptors (Lipinski definition) is 9. The standard InChI is InChI=1S/C22H20BrNO6S2/c1-4-31-20-17-22(13-7-9-14(23)10-8-13,30-21-24(17)11-5-6-12-29-21)15(18(25)27-2)16(32-20)19(26)28-3/h5-12,21H,4H2,1-3H3/t21-,22+/m1/s1. The van der Waals surface area contributed by atoms with Crippen molar-refractivity contribution in [1.29, 1.82) is 0 Å². The van der Waals surface area contributed by atoms with Crippen molar-refractivity contribution in [2.75, 3.05) is 20.0 Å². The molecule has 0 spiro atoms. The normalized spacial score (nSPS) is 24.0. The average Bonchev–Trinajstić information content (AvgIpc) is 2.96. The molecule has 168 valence electrons. The van der Waals surface area contributed by atoms with E-state index < -0.39 is 24.0 Å². The Morgan fingerprint density at radius 2 is 1.91 bits per heavy atom. The van der Waals surface area contributed by atoms with Crippen LogP contribution >= 0.6 is 39.5 Å². The fourth-order valence-corrected chi connectivity index (χ4v) is 6.48. The van der Waals surface area contributed by atoms with Gasteiger partial charge in [-0.25, -0.2) is 9.59 Å². The molecule has 1 fully saturated rings. The van der Waals surface area contributed by atoms with Crippen molar-refractivity contribution in [2.24, 2.45) is 0 Å². The van der Waals surface area contributed by atoms with E-state index in [2.05, 4.69) is 15.9 Å². The highest BCUT2D eigenvalue weighted by Crippen LogP contribution is 2.60. The molecule has 1 aromatic rings. The molecule has 3 heterocycles. The number of rotatable bonds is 5.